The number of halogens is 1. The Balaban J connectivity index is 2.30. The van der Waals surface area contributed by atoms with E-state index in [4.69, 9.17) is 9.47 Å². The van der Waals surface area contributed by atoms with Gasteiger partial charge >= 0.3 is 82.1 Å². The molecule has 3 heteroatoms. The zero-order valence-corrected chi connectivity index (χ0v) is 9.16. The van der Waals surface area contributed by atoms with Crippen LogP contribution < -0.4 is 30.7 Å². The van der Waals surface area contributed by atoms with E-state index in [2.05, 4.69) is 11.9 Å². The van der Waals surface area contributed by atoms with Gasteiger partial charge in [-0.1, -0.05) is 0 Å². The van der Waals surface area contributed by atoms with E-state index < -0.39 is 0 Å². The monoisotopic (exact) mass is 277 g/mol. The number of aryl methyl sites for hydroxylation is 1. The fourth-order valence-electron chi connectivity index (χ4n) is 1.12. The van der Waals surface area contributed by atoms with Gasteiger partial charge in [0.25, 0.3) is 0 Å². The van der Waals surface area contributed by atoms with E-state index in [0.717, 1.165) is 11.5 Å². The van der Waals surface area contributed by atoms with Gasteiger partial charge in [0.15, 0.2) is 0 Å². The molecule has 0 saturated carbocycles. The van der Waals surface area contributed by atoms with Gasteiger partial charge in [-0.2, -0.15) is 0 Å². The summed E-state index contributed by atoms with van der Waals surface area (Å²) in [6.45, 7) is 2.05. The van der Waals surface area contributed by atoms with Crippen LogP contribution in [-0.2, 0) is 0 Å². The van der Waals surface area contributed by atoms with Gasteiger partial charge in [-0.15, -0.1) is 0 Å². The standard InChI is InChI=1S/C9H10IO2/c1-6-3-4-7-8(5-6)12-9(10-2)11-7/h3-5,9H,1-2H3/q-1. The van der Waals surface area contributed by atoms with Crippen LogP contribution in [0.4, 0.5) is 0 Å². The van der Waals surface area contributed by atoms with Crippen LogP contribution >= 0.6 is 0 Å². The fourth-order valence-corrected chi connectivity index (χ4v) is 2.17. The summed E-state index contributed by atoms with van der Waals surface area (Å²) in [5.41, 5.74) is 1.22. The first-order chi connectivity index (χ1) is 5.79. The van der Waals surface area contributed by atoms with Crippen LogP contribution in [0.5, 0.6) is 11.5 Å². The molecule has 0 saturated heterocycles. The Morgan fingerprint density at radius 2 is 2.00 bits per heavy atom. The first kappa shape index (κ1) is 8.16. The predicted molar refractivity (Wildman–Crippen MR) is 42.1 cm³/mol. The number of hydrogen-bond acceptors (Lipinski definition) is 2. The molecule has 2 rings (SSSR count). The Labute approximate surface area is 82.1 Å². The quantitative estimate of drug-likeness (QED) is 0.473. The molecule has 1 aromatic rings. The van der Waals surface area contributed by atoms with Crippen LogP contribution in [0.3, 0.4) is 0 Å². The second-order valence-corrected chi connectivity index (χ2v) is 4.94. The summed E-state index contributed by atoms with van der Waals surface area (Å²) in [6, 6.07) is 6.04. The summed E-state index contributed by atoms with van der Waals surface area (Å²) < 4.78 is 11.1. The summed E-state index contributed by atoms with van der Waals surface area (Å²) >= 11 is 0.00126. The molecular weight excluding hydrogens is 267 g/mol. The first-order valence-corrected chi connectivity index (χ1v) is 7.12. The number of alkyl halides is 2. The van der Waals surface area contributed by atoms with Crippen molar-refractivity contribution in [2.24, 2.45) is 0 Å². The Morgan fingerprint density at radius 1 is 1.25 bits per heavy atom. The molecule has 1 aliphatic rings. The molecule has 0 aliphatic carbocycles. The normalized spacial score (nSPS) is 20.0. The zero-order chi connectivity index (χ0) is 8.55. The van der Waals surface area contributed by atoms with E-state index in [1.165, 1.54) is 5.56 Å². The molecule has 1 aromatic carbocycles. The van der Waals surface area contributed by atoms with Gasteiger partial charge < -0.3 is 0 Å². The molecule has 66 valence electrons. The van der Waals surface area contributed by atoms with Gasteiger partial charge in [0.2, 0.25) is 0 Å². The van der Waals surface area contributed by atoms with E-state index in [9.17, 15) is 0 Å². The Bertz CT molecular complexity index is 299. The molecule has 0 amide bonds. The van der Waals surface area contributed by atoms with Crippen molar-refractivity contribution in [2.75, 3.05) is 4.93 Å². The second kappa shape index (κ2) is 3.12. The van der Waals surface area contributed by atoms with Crippen molar-refractivity contribution >= 4 is 0 Å². The molecule has 1 unspecified atom stereocenters. The van der Waals surface area contributed by atoms with Crippen molar-refractivity contribution in [1.29, 1.82) is 0 Å². The number of rotatable bonds is 1. The SMILES string of the molecule is C[I-]C1Oc2ccc(C)cc2O1. The van der Waals surface area contributed by atoms with Crippen molar-refractivity contribution in [3.05, 3.63) is 23.8 Å². The molecule has 2 nitrogen and oxygen atoms in total. The molecule has 1 atom stereocenters. The Morgan fingerprint density at radius 3 is 2.75 bits per heavy atom. The summed E-state index contributed by atoms with van der Waals surface area (Å²) in [6.07, 6.45) is 0. The number of hydrogen-bond donors (Lipinski definition) is 0. The molecule has 1 heterocycles. The summed E-state index contributed by atoms with van der Waals surface area (Å²) in [4.78, 5) is 2.16. The maximum absolute atomic E-state index is 5.56. The molecular formula is C9H10IO2-. The summed E-state index contributed by atoms with van der Waals surface area (Å²) in [5, 5.41) is 0. The van der Waals surface area contributed by atoms with Gasteiger partial charge in [-0.25, -0.2) is 0 Å². The minimum atomic E-state index is 0.00126. The topological polar surface area (TPSA) is 18.5 Å². The summed E-state index contributed by atoms with van der Waals surface area (Å²) in [7, 11) is 0. The molecule has 12 heavy (non-hydrogen) atoms. The predicted octanol–water partition coefficient (Wildman–Crippen LogP) is -1.23. The minimum absolute atomic E-state index is 0.00126. The molecule has 0 N–H and O–H groups in total. The fraction of sp³-hybridized carbons (Fsp3) is 0.333. The van der Waals surface area contributed by atoms with Crippen molar-refractivity contribution < 1.29 is 30.7 Å². The van der Waals surface area contributed by atoms with Crippen molar-refractivity contribution in [2.45, 2.75) is 11.2 Å². The number of ether oxygens (including phenoxy) is 2. The second-order valence-electron chi connectivity index (χ2n) is 2.68. The van der Waals surface area contributed by atoms with E-state index in [1.54, 1.807) is 0 Å². The maximum atomic E-state index is 5.56. The van der Waals surface area contributed by atoms with E-state index >= 15 is 0 Å². The van der Waals surface area contributed by atoms with Crippen molar-refractivity contribution in [3.63, 3.8) is 0 Å². The van der Waals surface area contributed by atoms with Gasteiger partial charge in [0.1, 0.15) is 0 Å². The third kappa shape index (κ3) is 1.37. The van der Waals surface area contributed by atoms with Gasteiger partial charge in [0.05, 0.1) is 0 Å². The van der Waals surface area contributed by atoms with E-state index in [-0.39, 0.29) is 25.5 Å². The average Bonchev–Trinajstić information content (AvgIpc) is 2.46. The number of benzene rings is 1. The molecule has 0 bridgehead atoms. The zero-order valence-electron chi connectivity index (χ0n) is 7.00. The average molecular weight is 277 g/mol. The third-order valence-electron chi connectivity index (χ3n) is 1.72. The van der Waals surface area contributed by atoms with Gasteiger partial charge in [0, 0.05) is 0 Å². The number of fused-ring (bicyclic) bond motifs is 1. The van der Waals surface area contributed by atoms with E-state index in [0.29, 0.717) is 0 Å². The molecule has 0 fully saturated rings. The molecule has 0 aromatic heterocycles. The third-order valence-corrected chi connectivity index (χ3v) is 3.24. The van der Waals surface area contributed by atoms with Gasteiger partial charge in [-0.05, 0) is 0 Å². The van der Waals surface area contributed by atoms with Crippen LogP contribution in [0.2, 0.25) is 0 Å². The molecule has 0 spiro atoms. The van der Waals surface area contributed by atoms with Crippen molar-refractivity contribution in [3.8, 4) is 11.5 Å². The Hall–Kier alpha value is -0.450. The van der Waals surface area contributed by atoms with Crippen LogP contribution in [0.25, 0.3) is 0 Å². The van der Waals surface area contributed by atoms with Crippen LogP contribution in [0.1, 0.15) is 5.56 Å². The Kier molecular flexibility index (Phi) is 2.12. The first-order valence-electron chi connectivity index (χ1n) is 3.71. The van der Waals surface area contributed by atoms with Gasteiger partial charge in [-0.3, -0.25) is 0 Å². The van der Waals surface area contributed by atoms with Crippen LogP contribution in [-0.4, -0.2) is 9.23 Å². The van der Waals surface area contributed by atoms with E-state index in [1.807, 2.05) is 18.2 Å². The molecule has 0 radical (unpaired) electrons. The van der Waals surface area contributed by atoms with Crippen LogP contribution in [0, 0.1) is 6.92 Å². The summed E-state index contributed by atoms with van der Waals surface area (Å²) in [5.74, 6) is 1.80. The van der Waals surface area contributed by atoms with Crippen molar-refractivity contribution in [1.82, 2.24) is 0 Å². The van der Waals surface area contributed by atoms with Crippen LogP contribution in [0.15, 0.2) is 18.2 Å². The molecule has 1 aliphatic heterocycles.